The number of halogens is 1. The predicted octanol–water partition coefficient (Wildman–Crippen LogP) is 5.04. The van der Waals surface area contributed by atoms with E-state index >= 15 is 0 Å². The van der Waals surface area contributed by atoms with E-state index in [4.69, 9.17) is 16.3 Å². The number of methoxy groups -OCH3 is 1. The van der Waals surface area contributed by atoms with Crippen LogP contribution in [0.4, 0.5) is 5.69 Å². The number of hydrogen-bond donors (Lipinski definition) is 1. The zero-order valence-electron chi connectivity index (χ0n) is 19.0. The summed E-state index contributed by atoms with van der Waals surface area (Å²) in [6.07, 6.45) is 0. The minimum Gasteiger partial charge on any atom is -0.497 e. The lowest BCUT2D eigenvalue weighted by molar-refractivity contribution is -0.120. The monoisotopic (exact) mass is 486 g/mol. The molecule has 0 aliphatic carbocycles. The fraction of sp³-hybridized carbons (Fsp3) is 0.240. The molecule has 0 aromatic heterocycles. The van der Waals surface area contributed by atoms with Crippen LogP contribution < -0.4 is 14.4 Å². The number of carbonyl (C=O) groups is 1. The number of rotatable bonds is 8. The number of benzene rings is 3. The summed E-state index contributed by atoms with van der Waals surface area (Å²) < 4.78 is 33.4. The number of hydrogen-bond acceptors (Lipinski definition) is 4. The topological polar surface area (TPSA) is 75.7 Å². The van der Waals surface area contributed by atoms with Gasteiger partial charge in [-0.05, 0) is 68.3 Å². The van der Waals surface area contributed by atoms with Gasteiger partial charge < -0.3 is 10.1 Å². The van der Waals surface area contributed by atoms with E-state index in [1.165, 1.54) is 12.1 Å². The van der Waals surface area contributed by atoms with Crippen LogP contribution in [0.15, 0.2) is 71.6 Å². The normalized spacial score (nSPS) is 12.2. The van der Waals surface area contributed by atoms with Crippen molar-refractivity contribution < 1.29 is 17.9 Å². The molecule has 1 amide bonds. The fourth-order valence-corrected chi connectivity index (χ4v) is 5.03. The molecule has 0 aliphatic heterocycles. The second-order valence-electron chi connectivity index (χ2n) is 7.82. The van der Waals surface area contributed by atoms with Crippen LogP contribution in [0.2, 0.25) is 5.02 Å². The van der Waals surface area contributed by atoms with E-state index < -0.39 is 22.5 Å². The smallest absolute Gasteiger partial charge is 0.264 e. The highest BCUT2D eigenvalue weighted by Crippen LogP contribution is 2.29. The second-order valence-corrected chi connectivity index (χ2v) is 10.1. The van der Waals surface area contributed by atoms with Crippen LogP contribution in [0, 0.1) is 13.8 Å². The van der Waals surface area contributed by atoms with Crippen molar-refractivity contribution >= 4 is 33.2 Å². The zero-order chi connectivity index (χ0) is 24.2. The summed E-state index contributed by atoms with van der Waals surface area (Å²) in [6, 6.07) is 18.5. The lowest BCUT2D eigenvalue weighted by atomic mass is 10.1. The molecular weight excluding hydrogens is 460 g/mol. The molecule has 0 saturated carbocycles. The molecule has 0 fully saturated rings. The van der Waals surface area contributed by atoms with Gasteiger partial charge in [-0.2, -0.15) is 0 Å². The van der Waals surface area contributed by atoms with Crippen LogP contribution in [0.25, 0.3) is 0 Å². The van der Waals surface area contributed by atoms with Gasteiger partial charge in [0.2, 0.25) is 5.91 Å². The predicted molar refractivity (Wildman–Crippen MR) is 131 cm³/mol. The number of amides is 1. The first-order valence-corrected chi connectivity index (χ1v) is 12.2. The summed E-state index contributed by atoms with van der Waals surface area (Å²) in [5.74, 6) is 0.275. The number of nitrogens with one attached hydrogen (secondary N) is 1. The van der Waals surface area contributed by atoms with Crippen molar-refractivity contribution in [2.45, 2.75) is 31.7 Å². The molecule has 1 atom stereocenters. The van der Waals surface area contributed by atoms with E-state index in [2.05, 4.69) is 5.32 Å². The molecule has 0 bridgehead atoms. The Labute approximate surface area is 200 Å². The molecule has 33 heavy (non-hydrogen) atoms. The Bertz CT molecular complexity index is 1230. The van der Waals surface area contributed by atoms with Gasteiger partial charge in [0.1, 0.15) is 12.3 Å². The minimum absolute atomic E-state index is 0.100. The van der Waals surface area contributed by atoms with Gasteiger partial charge in [-0.15, -0.1) is 0 Å². The van der Waals surface area contributed by atoms with E-state index in [9.17, 15) is 13.2 Å². The molecule has 8 heteroatoms. The summed E-state index contributed by atoms with van der Waals surface area (Å²) in [5.41, 5.74) is 2.85. The van der Waals surface area contributed by atoms with Gasteiger partial charge >= 0.3 is 0 Å². The summed E-state index contributed by atoms with van der Waals surface area (Å²) in [4.78, 5) is 13.1. The zero-order valence-corrected chi connectivity index (χ0v) is 20.6. The Morgan fingerprint density at radius 1 is 1.03 bits per heavy atom. The first-order chi connectivity index (χ1) is 15.6. The molecule has 6 nitrogen and oxygen atoms in total. The van der Waals surface area contributed by atoms with Gasteiger partial charge in [0.25, 0.3) is 10.0 Å². The molecular formula is C25H27ClN2O4S. The first-order valence-electron chi connectivity index (χ1n) is 10.4. The van der Waals surface area contributed by atoms with Crippen LogP contribution in [-0.2, 0) is 14.8 Å². The van der Waals surface area contributed by atoms with Gasteiger partial charge in [0, 0.05) is 5.02 Å². The van der Waals surface area contributed by atoms with E-state index in [1.807, 2.05) is 38.1 Å². The van der Waals surface area contributed by atoms with Crippen molar-refractivity contribution in [2.24, 2.45) is 0 Å². The van der Waals surface area contributed by atoms with Crippen molar-refractivity contribution in [2.75, 3.05) is 18.0 Å². The maximum absolute atomic E-state index is 13.6. The summed E-state index contributed by atoms with van der Waals surface area (Å²) in [5, 5.41) is 3.26. The number of sulfonamides is 1. The molecule has 174 valence electrons. The second kappa shape index (κ2) is 10.3. The van der Waals surface area contributed by atoms with Crippen molar-refractivity contribution in [3.63, 3.8) is 0 Å². The van der Waals surface area contributed by atoms with E-state index in [1.54, 1.807) is 44.4 Å². The Balaban J connectivity index is 1.91. The summed E-state index contributed by atoms with van der Waals surface area (Å²) in [7, 11) is -2.43. The molecule has 3 aromatic rings. The van der Waals surface area contributed by atoms with Crippen LogP contribution in [0.1, 0.15) is 29.7 Å². The molecule has 0 unspecified atom stereocenters. The largest absolute Gasteiger partial charge is 0.497 e. The average molecular weight is 487 g/mol. The quantitative estimate of drug-likeness (QED) is 0.484. The van der Waals surface area contributed by atoms with Crippen LogP contribution in [0.5, 0.6) is 5.75 Å². The third kappa shape index (κ3) is 5.86. The van der Waals surface area contributed by atoms with Crippen molar-refractivity contribution in [1.29, 1.82) is 0 Å². The van der Waals surface area contributed by atoms with Gasteiger partial charge in [-0.25, -0.2) is 8.42 Å². The van der Waals surface area contributed by atoms with Crippen LogP contribution in [-0.4, -0.2) is 28.0 Å². The Kier molecular flexibility index (Phi) is 7.66. The summed E-state index contributed by atoms with van der Waals surface area (Å²) in [6.45, 7) is 5.10. The van der Waals surface area contributed by atoms with Crippen molar-refractivity contribution in [1.82, 2.24) is 5.32 Å². The Hall–Kier alpha value is -3.03. The highest BCUT2D eigenvalue weighted by molar-refractivity contribution is 7.92. The number of nitrogens with zero attached hydrogens (tertiary/aromatic N) is 1. The molecule has 3 aromatic carbocycles. The van der Waals surface area contributed by atoms with E-state index in [0.717, 1.165) is 15.4 Å². The maximum atomic E-state index is 13.6. The molecule has 1 N–H and O–H groups in total. The molecule has 0 radical (unpaired) electrons. The fourth-order valence-electron chi connectivity index (χ4n) is 3.38. The van der Waals surface area contributed by atoms with E-state index in [-0.39, 0.29) is 10.9 Å². The third-order valence-corrected chi connectivity index (χ3v) is 7.34. The third-order valence-electron chi connectivity index (χ3n) is 5.33. The SMILES string of the molecule is COc1ccc([C@H](C)NC(=O)CN(c2cc(Cl)ccc2C)S(=O)(=O)c2ccc(C)cc2)cc1. The number of ether oxygens (including phenoxy) is 1. The van der Waals surface area contributed by atoms with Gasteiger partial charge in [-0.1, -0.05) is 47.5 Å². The number of anilines is 1. The first kappa shape index (κ1) is 24.6. The molecule has 3 rings (SSSR count). The van der Waals surface area contributed by atoms with Gasteiger partial charge in [0.15, 0.2) is 0 Å². The van der Waals surface area contributed by atoms with Crippen LogP contribution >= 0.6 is 11.6 Å². The molecule has 0 heterocycles. The maximum Gasteiger partial charge on any atom is 0.264 e. The average Bonchev–Trinajstić information content (AvgIpc) is 2.79. The molecule has 0 saturated heterocycles. The van der Waals surface area contributed by atoms with Gasteiger partial charge in [0.05, 0.1) is 23.7 Å². The minimum atomic E-state index is -4.02. The Morgan fingerprint density at radius 3 is 2.27 bits per heavy atom. The number of aryl methyl sites for hydroxylation is 2. The summed E-state index contributed by atoms with van der Waals surface area (Å²) >= 11 is 6.17. The molecule has 0 spiro atoms. The van der Waals surface area contributed by atoms with Crippen molar-refractivity contribution in [3.05, 3.63) is 88.4 Å². The highest BCUT2D eigenvalue weighted by Gasteiger charge is 2.29. The Morgan fingerprint density at radius 2 is 1.67 bits per heavy atom. The van der Waals surface area contributed by atoms with Gasteiger partial charge in [-0.3, -0.25) is 9.10 Å². The standard InChI is InChI=1S/C25H27ClN2O4S/c1-17-5-13-23(14-6-17)33(30,31)28(24-15-21(26)10-7-18(24)2)16-25(29)27-19(3)20-8-11-22(32-4)12-9-20/h5-15,19H,16H2,1-4H3,(H,27,29)/t19-/m0/s1. The highest BCUT2D eigenvalue weighted by atomic mass is 35.5. The van der Waals surface area contributed by atoms with E-state index in [0.29, 0.717) is 22.0 Å². The lowest BCUT2D eigenvalue weighted by Gasteiger charge is -2.26. The van der Waals surface area contributed by atoms with Crippen LogP contribution in [0.3, 0.4) is 0 Å². The lowest BCUT2D eigenvalue weighted by Crippen LogP contribution is -2.42. The number of carbonyl (C=O) groups excluding carboxylic acids is 1. The molecule has 0 aliphatic rings. The van der Waals surface area contributed by atoms with Crippen molar-refractivity contribution in [3.8, 4) is 5.75 Å².